The Kier molecular flexibility index (Phi) is 5.53. The third-order valence-electron chi connectivity index (χ3n) is 4.32. The number of thiazole rings is 1. The first-order chi connectivity index (χ1) is 14.2. The maximum atomic E-state index is 12.4. The smallest absolute Gasteiger partial charge is 0.351 e. The number of fused-ring (bicyclic) bond motifs is 1. The van der Waals surface area contributed by atoms with Gasteiger partial charge in [-0.15, -0.1) is 11.3 Å². The topological polar surface area (TPSA) is 76.1 Å². The van der Waals surface area contributed by atoms with Crippen LogP contribution >= 0.6 is 11.3 Å². The molecule has 29 heavy (non-hydrogen) atoms. The van der Waals surface area contributed by atoms with E-state index in [2.05, 4.69) is 4.98 Å². The standard InChI is InChI=1S/C21H19NO6S/c1-24-17-9-5-6-14(19(17)25-2)20-22-13(12-29-20)10-27-21(23)18-11-26-15-7-3-4-8-16(15)28-18/h3-9,12,18H,10-11H2,1-2H3/t18-/m1/s1. The van der Waals surface area contributed by atoms with Gasteiger partial charge in [0, 0.05) is 5.38 Å². The quantitative estimate of drug-likeness (QED) is 0.570. The van der Waals surface area contributed by atoms with Crippen molar-refractivity contribution < 1.29 is 28.5 Å². The molecule has 2 heterocycles. The predicted octanol–water partition coefficient (Wildman–Crippen LogP) is 3.71. The first-order valence-corrected chi connectivity index (χ1v) is 9.78. The van der Waals surface area contributed by atoms with Crippen LogP contribution in [0.15, 0.2) is 47.8 Å². The van der Waals surface area contributed by atoms with Crippen LogP contribution in [0.5, 0.6) is 23.0 Å². The molecule has 1 aromatic heterocycles. The average Bonchev–Trinajstić information content (AvgIpc) is 3.25. The van der Waals surface area contributed by atoms with Crippen LogP contribution < -0.4 is 18.9 Å². The number of hydrogen-bond donors (Lipinski definition) is 0. The van der Waals surface area contributed by atoms with Gasteiger partial charge in [0.1, 0.15) is 18.2 Å². The lowest BCUT2D eigenvalue weighted by Gasteiger charge is -2.24. The number of nitrogens with zero attached hydrogens (tertiary/aromatic N) is 1. The highest BCUT2D eigenvalue weighted by Gasteiger charge is 2.28. The number of carbonyl (C=O) groups excluding carboxylic acids is 1. The van der Waals surface area contributed by atoms with E-state index in [0.717, 1.165) is 10.6 Å². The van der Waals surface area contributed by atoms with E-state index in [1.807, 2.05) is 35.7 Å². The van der Waals surface area contributed by atoms with Crippen molar-refractivity contribution >= 4 is 17.3 Å². The van der Waals surface area contributed by atoms with E-state index in [-0.39, 0.29) is 13.2 Å². The molecule has 0 bridgehead atoms. The molecule has 1 aliphatic heterocycles. The van der Waals surface area contributed by atoms with Crippen molar-refractivity contribution in [2.24, 2.45) is 0 Å². The molecule has 150 valence electrons. The average molecular weight is 413 g/mol. The van der Waals surface area contributed by atoms with Crippen LogP contribution in [0.4, 0.5) is 0 Å². The minimum absolute atomic E-state index is 0.0448. The van der Waals surface area contributed by atoms with Gasteiger partial charge >= 0.3 is 5.97 Å². The van der Waals surface area contributed by atoms with Gasteiger partial charge in [0.2, 0.25) is 6.10 Å². The maximum absolute atomic E-state index is 12.4. The van der Waals surface area contributed by atoms with Crippen molar-refractivity contribution in [3.05, 3.63) is 53.5 Å². The highest BCUT2D eigenvalue weighted by atomic mass is 32.1. The third kappa shape index (κ3) is 3.97. The second-order valence-corrected chi connectivity index (χ2v) is 7.02. The summed E-state index contributed by atoms with van der Waals surface area (Å²) in [5.41, 5.74) is 1.45. The third-order valence-corrected chi connectivity index (χ3v) is 5.24. The van der Waals surface area contributed by atoms with Crippen molar-refractivity contribution in [2.75, 3.05) is 20.8 Å². The zero-order valence-corrected chi connectivity index (χ0v) is 16.7. The Hall–Kier alpha value is -3.26. The van der Waals surface area contributed by atoms with Gasteiger partial charge in [-0.3, -0.25) is 0 Å². The zero-order chi connectivity index (χ0) is 20.2. The molecule has 7 nitrogen and oxygen atoms in total. The normalized spacial score (nSPS) is 14.9. The van der Waals surface area contributed by atoms with Crippen molar-refractivity contribution in [3.8, 4) is 33.6 Å². The molecule has 0 saturated heterocycles. The maximum Gasteiger partial charge on any atom is 0.351 e. The lowest BCUT2D eigenvalue weighted by molar-refractivity contribution is -0.156. The SMILES string of the molecule is COc1cccc(-c2nc(COC(=O)[C@H]3COc4ccccc4O3)cs2)c1OC. The monoisotopic (exact) mass is 413 g/mol. The van der Waals surface area contributed by atoms with E-state index in [1.165, 1.54) is 11.3 Å². The summed E-state index contributed by atoms with van der Waals surface area (Å²) in [6.45, 7) is 0.155. The summed E-state index contributed by atoms with van der Waals surface area (Å²) in [6.07, 6.45) is -0.804. The molecule has 0 N–H and O–H groups in total. The lowest BCUT2D eigenvalue weighted by Crippen LogP contribution is -2.37. The number of para-hydroxylation sites is 3. The second-order valence-electron chi connectivity index (χ2n) is 6.16. The fourth-order valence-corrected chi connectivity index (χ4v) is 3.75. The van der Waals surface area contributed by atoms with Crippen LogP contribution in [-0.2, 0) is 16.1 Å². The molecule has 0 amide bonds. The molecule has 0 unspecified atom stereocenters. The van der Waals surface area contributed by atoms with E-state index in [4.69, 9.17) is 23.7 Å². The number of benzene rings is 2. The Bertz CT molecular complexity index is 1020. The molecule has 0 radical (unpaired) electrons. The first kappa shape index (κ1) is 19.1. The van der Waals surface area contributed by atoms with Crippen LogP contribution in [-0.4, -0.2) is 37.9 Å². The highest BCUT2D eigenvalue weighted by Crippen LogP contribution is 2.39. The van der Waals surface area contributed by atoms with Crippen molar-refractivity contribution in [2.45, 2.75) is 12.7 Å². The van der Waals surface area contributed by atoms with Gasteiger partial charge in [-0.25, -0.2) is 9.78 Å². The van der Waals surface area contributed by atoms with Gasteiger partial charge in [-0.2, -0.15) is 0 Å². The van der Waals surface area contributed by atoms with E-state index in [9.17, 15) is 4.79 Å². The summed E-state index contributed by atoms with van der Waals surface area (Å²) in [6, 6.07) is 12.8. The largest absolute Gasteiger partial charge is 0.493 e. The van der Waals surface area contributed by atoms with Gasteiger partial charge in [-0.1, -0.05) is 18.2 Å². The van der Waals surface area contributed by atoms with Gasteiger partial charge in [0.25, 0.3) is 0 Å². The van der Waals surface area contributed by atoms with Crippen molar-refractivity contribution in [1.29, 1.82) is 0 Å². The molecule has 0 saturated carbocycles. The summed E-state index contributed by atoms with van der Waals surface area (Å²) in [5.74, 6) is 1.89. The molecule has 0 aliphatic carbocycles. The number of aromatic nitrogens is 1. The molecule has 4 rings (SSSR count). The van der Waals surface area contributed by atoms with Crippen LogP contribution in [0.25, 0.3) is 10.6 Å². The molecule has 8 heteroatoms. The number of carbonyl (C=O) groups is 1. The first-order valence-electron chi connectivity index (χ1n) is 8.90. The molecule has 1 aliphatic rings. The Labute approximate surface area is 171 Å². The summed E-state index contributed by atoms with van der Waals surface area (Å²) in [4.78, 5) is 16.9. The Morgan fingerprint density at radius 1 is 1.14 bits per heavy atom. The summed E-state index contributed by atoms with van der Waals surface area (Å²) < 4.78 is 27.4. The zero-order valence-electron chi connectivity index (χ0n) is 15.9. The van der Waals surface area contributed by atoms with E-state index >= 15 is 0 Å². The van der Waals surface area contributed by atoms with Crippen LogP contribution in [0.1, 0.15) is 5.69 Å². The lowest BCUT2D eigenvalue weighted by atomic mass is 10.2. The summed E-state index contributed by atoms with van der Waals surface area (Å²) in [5, 5.41) is 2.59. The Morgan fingerprint density at radius 2 is 1.97 bits per heavy atom. The molecule has 0 fully saturated rings. The Morgan fingerprint density at radius 3 is 2.76 bits per heavy atom. The number of esters is 1. The molecular weight excluding hydrogens is 394 g/mol. The fraction of sp³-hybridized carbons (Fsp3) is 0.238. The molecular formula is C21H19NO6S. The molecule has 3 aromatic rings. The van der Waals surface area contributed by atoms with Gasteiger partial charge in [0.05, 0.1) is 25.5 Å². The summed E-state index contributed by atoms with van der Waals surface area (Å²) >= 11 is 1.44. The van der Waals surface area contributed by atoms with Crippen LogP contribution in [0.3, 0.4) is 0 Å². The number of methoxy groups -OCH3 is 2. The minimum Gasteiger partial charge on any atom is -0.493 e. The van der Waals surface area contributed by atoms with Crippen molar-refractivity contribution in [3.63, 3.8) is 0 Å². The van der Waals surface area contributed by atoms with Crippen molar-refractivity contribution in [1.82, 2.24) is 4.98 Å². The number of rotatable bonds is 6. The Balaban J connectivity index is 1.41. The van der Waals surface area contributed by atoms with Crippen LogP contribution in [0.2, 0.25) is 0 Å². The molecule has 2 aromatic carbocycles. The fourth-order valence-electron chi connectivity index (χ4n) is 2.93. The minimum atomic E-state index is -0.804. The summed E-state index contributed by atoms with van der Waals surface area (Å²) in [7, 11) is 3.17. The van der Waals surface area contributed by atoms with E-state index in [1.54, 1.807) is 26.4 Å². The van der Waals surface area contributed by atoms with E-state index < -0.39 is 12.1 Å². The van der Waals surface area contributed by atoms with Gasteiger partial charge in [0.15, 0.2) is 23.0 Å². The second kappa shape index (κ2) is 8.40. The molecule has 1 atom stereocenters. The number of hydrogen-bond acceptors (Lipinski definition) is 8. The van der Waals surface area contributed by atoms with Crippen LogP contribution in [0, 0.1) is 0 Å². The highest BCUT2D eigenvalue weighted by molar-refractivity contribution is 7.13. The van der Waals surface area contributed by atoms with E-state index in [0.29, 0.717) is 28.7 Å². The molecule has 0 spiro atoms. The van der Waals surface area contributed by atoms with Gasteiger partial charge < -0.3 is 23.7 Å². The van der Waals surface area contributed by atoms with Gasteiger partial charge in [-0.05, 0) is 24.3 Å². The number of ether oxygens (including phenoxy) is 5. The predicted molar refractivity (Wildman–Crippen MR) is 107 cm³/mol.